The van der Waals surface area contributed by atoms with Crippen LogP contribution in [-0.4, -0.2) is 37.7 Å². The highest BCUT2D eigenvalue weighted by Crippen LogP contribution is 2.16. The normalized spacial score (nSPS) is 15.7. The molecule has 0 unspecified atom stereocenters. The molecule has 1 atom stereocenters. The summed E-state index contributed by atoms with van der Waals surface area (Å²) in [5.41, 5.74) is 5.63. The minimum absolute atomic E-state index is 0.140. The lowest BCUT2D eigenvalue weighted by Crippen LogP contribution is -2.41. The maximum absolute atomic E-state index is 12.2. The number of ether oxygens (including phenoxy) is 3. The molecule has 3 rings (SSSR count). The van der Waals surface area contributed by atoms with Gasteiger partial charge in [-0.25, -0.2) is 0 Å². The van der Waals surface area contributed by atoms with Crippen molar-refractivity contribution in [3.05, 3.63) is 59.7 Å². The Morgan fingerprint density at radius 3 is 1.93 bits per heavy atom. The summed E-state index contributed by atoms with van der Waals surface area (Å²) in [6, 6.07) is 13.4. The van der Waals surface area contributed by atoms with E-state index in [9.17, 15) is 9.59 Å². The van der Waals surface area contributed by atoms with E-state index in [2.05, 4.69) is 10.9 Å². The van der Waals surface area contributed by atoms with Crippen LogP contribution in [0.5, 0.6) is 11.5 Å². The molecule has 0 aromatic heterocycles. The van der Waals surface area contributed by atoms with Crippen molar-refractivity contribution in [2.45, 2.75) is 25.9 Å². The first kappa shape index (κ1) is 19.7. The molecule has 1 aliphatic heterocycles. The number of carbonyl (C=O) groups excluding carboxylic acids is 2. The third kappa shape index (κ3) is 5.47. The second-order valence-corrected chi connectivity index (χ2v) is 6.34. The zero-order valence-corrected chi connectivity index (χ0v) is 15.8. The first-order valence-electron chi connectivity index (χ1n) is 9.33. The molecule has 0 bridgehead atoms. The second kappa shape index (κ2) is 9.75. The summed E-state index contributed by atoms with van der Waals surface area (Å²) in [6.45, 7) is 3.73. The first-order valence-corrected chi connectivity index (χ1v) is 9.33. The summed E-state index contributed by atoms with van der Waals surface area (Å²) < 4.78 is 16.5. The fourth-order valence-corrected chi connectivity index (χ4v) is 2.79. The van der Waals surface area contributed by atoms with Gasteiger partial charge in [0.05, 0.1) is 12.7 Å². The number of hydrogen-bond acceptors (Lipinski definition) is 5. The molecule has 2 aromatic carbocycles. The van der Waals surface area contributed by atoms with Crippen LogP contribution in [0.4, 0.5) is 0 Å². The zero-order chi connectivity index (χ0) is 19.8. The average molecular weight is 384 g/mol. The summed E-state index contributed by atoms with van der Waals surface area (Å²) in [7, 11) is 0. The minimum Gasteiger partial charge on any atom is -0.494 e. The van der Waals surface area contributed by atoms with Gasteiger partial charge in [0.15, 0.2) is 0 Å². The van der Waals surface area contributed by atoms with Gasteiger partial charge in [-0.3, -0.25) is 20.4 Å². The van der Waals surface area contributed by atoms with Crippen LogP contribution in [0.2, 0.25) is 0 Å². The Hall–Kier alpha value is -3.06. The van der Waals surface area contributed by atoms with Gasteiger partial charge in [-0.15, -0.1) is 0 Å². The number of benzene rings is 2. The summed E-state index contributed by atoms with van der Waals surface area (Å²) in [5, 5.41) is 0. The monoisotopic (exact) mass is 384 g/mol. The Morgan fingerprint density at radius 1 is 0.929 bits per heavy atom. The number of rotatable bonds is 7. The van der Waals surface area contributed by atoms with E-state index in [0.29, 0.717) is 35.8 Å². The molecular formula is C21H24N2O5. The second-order valence-electron chi connectivity index (χ2n) is 6.34. The number of hydrazine groups is 1. The van der Waals surface area contributed by atoms with Crippen LogP contribution < -0.4 is 20.3 Å². The number of amides is 2. The molecule has 7 heteroatoms. The van der Waals surface area contributed by atoms with E-state index in [1.807, 2.05) is 6.92 Å². The van der Waals surface area contributed by atoms with Crippen LogP contribution in [0.3, 0.4) is 0 Å². The van der Waals surface area contributed by atoms with Gasteiger partial charge in [0.1, 0.15) is 18.1 Å². The Morgan fingerprint density at radius 2 is 1.46 bits per heavy atom. The largest absolute Gasteiger partial charge is 0.494 e. The molecule has 7 nitrogen and oxygen atoms in total. The first-order chi connectivity index (χ1) is 13.7. The molecule has 0 spiro atoms. The molecule has 2 aromatic rings. The zero-order valence-electron chi connectivity index (χ0n) is 15.8. The quantitative estimate of drug-likeness (QED) is 0.717. The Labute approximate surface area is 164 Å². The smallest absolute Gasteiger partial charge is 0.269 e. The molecule has 28 heavy (non-hydrogen) atoms. The van der Waals surface area contributed by atoms with Crippen molar-refractivity contribution in [1.82, 2.24) is 10.9 Å². The van der Waals surface area contributed by atoms with Gasteiger partial charge in [0, 0.05) is 17.7 Å². The number of carbonyl (C=O) groups is 2. The molecule has 0 radical (unpaired) electrons. The van der Waals surface area contributed by atoms with Crippen LogP contribution in [0.15, 0.2) is 48.5 Å². The Balaban J connectivity index is 1.46. The van der Waals surface area contributed by atoms with Crippen molar-refractivity contribution < 1.29 is 23.8 Å². The molecule has 2 amide bonds. The van der Waals surface area contributed by atoms with Gasteiger partial charge in [0.2, 0.25) is 0 Å². The summed E-state index contributed by atoms with van der Waals surface area (Å²) in [5.74, 6) is 0.535. The van der Waals surface area contributed by atoms with E-state index in [1.54, 1.807) is 48.5 Å². The standard InChI is InChI=1S/C21H24N2O5/c1-2-26-17-9-5-15(6-10-17)20(24)22-23-21(25)16-7-11-18(12-8-16)28-14-19-4-3-13-27-19/h5-12,19H,2-4,13-14H2,1H3,(H,22,24)(H,23,25)/t19-/m0/s1. The molecule has 0 saturated carbocycles. The van der Waals surface area contributed by atoms with Crippen molar-refractivity contribution >= 4 is 11.8 Å². The maximum Gasteiger partial charge on any atom is 0.269 e. The minimum atomic E-state index is -0.412. The third-order valence-corrected chi connectivity index (χ3v) is 4.29. The van der Waals surface area contributed by atoms with Crippen LogP contribution in [0.25, 0.3) is 0 Å². The van der Waals surface area contributed by atoms with Gasteiger partial charge in [-0.2, -0.15) is 0 Å². The molecular weight excluding hydrogens is 360 g/mol. The van der Waals surface area contributed by atoms with Gasteiger partial charge < -0.3 is 14.2 Å². The molecule has 2 N–H and O–H groups in total. The molecule has 1 saturated heterocycles. The molecule has 0 aliphatic carbocycles. The van der Waals surface area contributed by atoms with E-state index in [4.69, 9.17) is 14.2 Å². The number of nitrogens with one attached hydrogen (secondary N) is 2. The van der Waals surface area contributed by atoms with E-state index >= 15 is 0 Å². The lowest BCUT2D eigenvalue weighted by atomic mass is 10.2. The van der Waals surface area contributed by atoms with Crippen molar-refractivity contribution in [2.24, 2.45) is 0 Å². The van der Waals surface area contributed by atoms with E-state index in [0.717, 1.165) is 19.4 Å². The highest BCUT2D eigenvalue weighted by Gasteiger charge is 2.16. The van der Waals surface area contributed by atoms with E-state index in [1.165, 1.54) is 0 Å². The van der Waals surface area contributed by atoms with Crippen LogP contribution >= 0.6 is 0 Å². The lowest BCUT2D eigenvalue weighted by Gasteiger charge is -2.12. The topological polar surface area (TPSA) is 85.9 Å². The Bertz CT molecular complexity index is 783. The Kier molecular flexibility index (Phi) is 6.86. The van der Waals surface area contributed by atoms with Crippen LogP contribution in [0, 0.1) is 0 Å². The number of hydrogen-bond donors (Lipinski definition) is 2. The summed E-state index contributed by atoms with van der Waals surface area (Å²) in [4.78, 5) is 24.3. The molecule has 1 heterocycles. The predicted molar refractivity (Wildman–Crippen MR) is 103 cm³/mol. The van der Waals surface area contributed by atoms with Gasteiger partial charge in [-0.1, -0.05) is 0 Å². The maximum atomic E-state index is 12.2. The summed E-state index contributed by atoms with van der Waals surface area (Å²) in [6.07, 6.45) is 2.21. The molecule has 1 fully saturated rings. The fraction of sp³-hybridized carbons (Fsp3) is 0.333. The highest BCUT2D eigenvalue weighted by molar-refractivity contribution is 5.99. The van der Waals surface area contributed by atoms with Crippen molar-refractivity contribution in [2.75, 3.05) is 19.8 Å². The lowest BCUT2D eigenvalue weighted by molar-refractivity contribution is 0.0679. The van der Waals surface area contributed by atoms with E-state index in [-0.39, 0.29) is 6.10 Å². The van der Waals surface area contributed by atoms with Crippen LogP contribution in [-0.2, 0) is 4.74 Å². The third-order valence-electron chi connectivity index (χ3n) is 4.29. The highest BCUT2D eigenvalue weighted by atomic mass is 16.5. The summed E-state index contributed by atoms with van der Waals surface area (Å²) >= 11 is 0. The molecule has 148 valence electrons. The predicted octanol–water partition coefficient (Wildman–Crippen LogP) is 2.72. The van der Waals surface area contributed by atoms with Gasteiger partial charge in [0.25, 0.3) is 11.8 Å². The van der Waals surface area contributed by atoms with Crippen molar-refractivity contribution in [3.8, 4) is 11.5 Å². The van der Waals surface area contributed by atoms with Crippen LogP contribution in [0.1, 0.15) is 40.5 Å². The van der Waals surface area contributed by atoms with Gasteiger partial charge >= 0.3 is 0 Å². The average Bonchev–Trinajstić information content (AvgIpc) is 3.25. The van der Waals surface area contributed by atoms with Crippen molar-refractivity contribution in [1.29, 1.82) is 0 Å². The molecule has 1 aliphatic rings. The SMILES string of the molecule is CCOc1ccc(C(=O)NNC(=O)c2ccc(OC[C@@H]3CCCO3)cc2)cc1. The van der Waals surface area contributed by atoms with Crippen molar-refractivity contribution in [3.63, 3.8) is 0 Å². The fourth-order valence-electron chi connectivity index (χ4n) is 2.79. The van der Waals surface area contributed by atoms with Gasteiger partial charge in [-0.05, 0) is 68.3 Å². The van der Waals surface area contributed by atoms with E-state index < -0.39 is 11.8 Å².